The Balaban J connectivity index is 1.49. The Morgan fingerprint density at radius 3 is 2.27 bits per heavy atom. The summed E-state index contributed by atoms with van der Waals surface area (Å²) >= 11 is 3.30. The Labute approximate surface area is 185 Å². The number of piperidine rings is 1. The molecular weight excluding hydrogens is 470 g/mol. The van der Waals surface area contributed by atoms with Crippen molar-refractivity contribution in [1.82, 2.24) is 14.9 Å². The first-order valence-electron chi connectivity index (χ1n) is 9.76. The monoisotopic (exact) mass is 493 g/mol. The summed E-state index contributed by atoms with van der Waals surface area (Å²) in [5.74, 6) is -0.676. The number of nitrogens with zero attached hydrogens (tertiary/aromatic N) is 1. The number of hydrogen-bond donors (Lipinski definition) is 2. The number of sulfonamides is 1. The molecule has 0 unspecified atom stereocenters. The van der Waals surface area contributed by atoms with Gasteiger partial charge in [0.15, 0.2) is 0 Å². The van der Waals surface area contributed by atoms with Gasteiger partial charge in [-0.15, -0.1) is 0 Å². The number of benzene rings is 2. The summed E-state index contributed by atoms with van der Waals surface area (Å²) in [7, 11) is -3.46. The normalized spacial score (nSPS) is 14.8. The van der Waals surface area contributed by atoms with Crippen LogP contribution in [0.1, 0.15) is 35.2 Å². The minimum absolute atomic E-state index is 0.151. The van der Waals surface area contributed by atoms with Crippen molar-refractivity contribution in [3.8, 4) is 0 Å². The summed E-state index contributed by atoms with van der Waals surface area (Å²) in [4.78, 5) is 24.4. The SMILES string of the molecule is O=C(CNC(=O)c1ccccc1Br)NCc1ccc(S(=O)(=O)N2CCCCC2)cc1. The van der Waals surface area contributed by atoms with E-state index >= 15 is 0 Å². The van der Waals surface area contributed by atoms with Gasteiger partial charge in [0.05, 0.1) is 17.0 Å². The van der Waals surface area contributed by atoms with E-state index < -0.39 is 10.0 Å². The van der Waals surface area contributed by atoms with Gasteiger partial charge in [-0.1, -0.05) is 30.7 Å². The number of hydrogen-bond acceptors (Lipinski definition) is 4. The molecule has 0 saturated carbocycles. The second-order valence-electron chi connectivity index (χ2n) is 7.05. The van der Waals surface area contributed by atoms with Gasteiger partial charge in [0.1, 0.15) is 0 Å². The highest BCUT2D eigenvalue weighted by Crippen LogP contribution is 2.21. The lowest BCUT2D eigenvalue weighted by Crippen LogP contribution is -2.36. The molecule has 0 atom stereocenters. The highest BCUT2D eigenvalue weighted by atomic mass is 79.9. The molecule has 0 spiro atoms. The largest absolute Gasteiger partial charge is 0.350 e. The maximum Gasteiger partial charge on any atom is 0.252 e. The predicted octanol–water partition coefficient (Wildman–Crippen LogP) is 2.67. The van der Waals surface area contributed by atoms with Crippen LogP contribution in [0.4, 0.5) is 0 Å². The molecule has 0 radical (unpaired) electrons. The van der Waals surface area contributed by atoms with Crippen LogP contribution >= 0.6 is 15.9 Å². The molecule has 0 aromatic heterocycles. The molecule has 30 heavy (non-hydrogen) atoms. The fourth-order valence-corrected chi connectivity index (χ4v) is 5.18. The lowest BCUT2D eigenvalue weighted by molar-refractivity contribution is -0.120. The number of carbonyl (C=O) groups excluding carboxylic acids is 2. The Kier molecular flexibility index (Phi) is 7.63. The molecule has 9 heteroatoms. The summed E-state index contributed by atoms with van der Waals surface area (Å²) in [6, 6.07) is 13.5. The third-order valence-corrected chi connectivity index (χ3v) is 7.50. The van der Waals surface area contributed by atoms with Gasteiger partial charge in [0.25, 0.3) is 5.91 Å². The van der Waals surface area contributed by atoms with Gasteiger partial charge < -0.3 is 10.6 Å². The molecule has 2 aromatic rings. The van der Waals surface area contributed by atoms with E-state index in [0.717, 1.165) is 24.8 Å². The smallest absolute Gasteiger partial charge is 0.252 e. The number of amides is 2. The molecular formula is C21H24BrN3O4S. The molecule has 1 saturated heterocycles. The van der Waals surface area contributed by atoms with E-state index in [0.29, 0.717) is 23.1 Å². The third kappa shape index (κ3) is 5.68. The van der Waals surface area contributed by atoms with Crippen molar-refractivity contribution in [2.75, 3.05) is 19.6 Å². The molecule has 3 rings (SSSR count). The zero-order chi connectivity index (χ0) is 21.6. The molecule has 0 aliphatic carbocycles. The van der Waals surface area contributed by atoms with Gasteiger partial charge in [-0.25, -0.2) is 8.42 Å². The number of carbonyl (C=O) groups is 2. The van der Waals surface area contributed by atoms with Crippen molar-refractivity contribution in [3.05, 3.63) is 64.1 Å². The van der Waals surface area contributed by atoms with Gasteiger partial charge in [-0.3, -0.25) is 9.59 Å². The summed E-state index contributed by atoms with van der Waals surface area (Å²) in [6.07, 6.45) is 2.84. The minimum atomic E-state index is -3.46. The van der Waals surface area contributed by atoms with Gasteiger partial charge in [0, 0.05) is 24.1 Å². The summed E-state index contributed by atoms with van der Waals surface area (Å²) in [5, 5.41) is 5.29. The quantitative estimate of drug-likeness (QED) is 0.619. The summed E-state index contributed by atoms with van der Waals surface area (Å²) < 4.78 is 27.5. The Morgan fingerprint density at radius 2 is 1.60 bits per heavy atom. The first-order chi connectivity index (χ1) is 14.4. The molecule has 2 amide bonds. The van der Waals surface area contributed by atoms with Crippen molar-refractivity contribution in [2.24, 2.45) is 0 Å². The molecule has 1 fully saturated rings. The van der Waals surface area contributed by atoms with Crippen molar-refractivity contribution >= 4 is 37.8 Å². The van der Waals surface area contributed by atoms with Gasteiger partial charge in [-0.05, 0) is 58.6 Å². The molecule has 7 nitrogen and oxygen atoms in total. The van der Waals surface area contributed by atoms with Gasteiger partial charge in [-0.2, -0.15) is 4.31 Å². The van der Waals surface area contributed by atoms with E-state index in [2.05, 4.69) is 26.6 Å². The standard InChI is InChI=1S/C21H24BrN3O4S/c22-19-7-3-2-6-18(19)21(27)24-15-20(26)23-14-16-8-10-17(11-9-16)30(28,29)25-12-4-1-5-13-25/h2-3,6-11H,1,4-5,12-15H2,(H,23,26)(H,24,27). The van der Waals surface area contributed by atoms with Crippen molar-refractivity contribution < 1.29 is 18.0 Å². The number of halogens is 1. The van der Waals surface area contributed by atoms with Crippen LogP contribution in [0.3, 0.4) is 0 Å². The Hall–Kier alpha value is -2.23. The van der Waals surface area contributed by atoms with Crippen molar-refractivity contribution in [1.29, 1.82) is 0 Å². The minimum Gasteiger partial charge on any atom is -0.350 e. The first-order valence-corrected chi connectivity index (χ1v) is 12.0. The topological polar surface area (TPSA) is 95.6 Å². The van der Waals surface area contributed by atoms with Crippen molar-refractivity contribution in [3.63, 3.8) is 0 Å². The molecule has 160 valence electrons. The molecule has 1 aliphatic heterocycles. The lowest BCUT2D eigenvalue weighted by atomic mass is 10.2. The molecule has 1 aliphatic rings. The van der Waals surface area contributed by atoms with Crippen molar-refractivity contribution in [2.45, 2.75) is 30.7 Å². The fourth-order valence-electron chi connectivity index (χ4n) is 3.20. The second-order valence-corrected chi connectivity index (χ2v) is 9.84. The highest BCUT2D eigenvalue weighted by molar-refractivity contribution is 9.10. The predicted molar refractivity (Wildman–Crippen MR) is 117 cm³/mol. The maximum absolute atomic E-state index is 12.7. The first kappa shape index (κ1) is 22.5. The maximum atomic E-state index is 12.7. The fraction of sp³-hybridized carbons (Fsp3) is 0.333. The van der Waals surface area contributed by atoms with Gasteiger partial charge in [0.2, 0.25) is 15.9 Å². The Bertz CT molecular complexity index is 1000. The van der Waals surface area contributed by atoms with E-state index in [1.807, 2.05) is 0 Å². The van der Waals surface area contributed by atoms with Crippen LogP contribution in [0.15, 0.2) is 57.9 Å². The molecule has 2 aromatic carbocycles. The zero-order valence-corrected chi connectivity index (χ0v) is 18.8. The van der Waals surface area contributed by atoms with Crippen LogP contribution < -0.4 is 10.6 Å². The van der Waals surface area contributed by atoms with Crippen LogP contribution in [0.5, 0.6) is 0 Å². The molecule has 2 N–H and O–H groups in total. The summed E-state index contributed by atoms with van der Waals surface area (Å²) in [6.45, 7) is 1.21. The van der Waals surface area contributed by atoms with E-state index in [4.69, 9.17) is 0 Å². The van der Waals surface area contributed by atoms with E-state index in [1.165, 1.54) is 4.31 Å². The average Bonchev–Trinajstić information content (AvgIpc) is 2.77. The van der Waals surface area contributed by atoms with E-state index in [-0.39, 0.29) is 29.8 Å². The number of rotatable bonds is 7. The molecule has 1 heterocycles. The van der Waals surface area contributed by atoms with Crippen LogP contribution in [0.2, 0.25) is 0 Å². The van der Waals surface area contributed by atoms with Gasteiger partial charge >= 0.3 is 0 Å². The van der Waals surface area contributed by atoms with Crippen LogP contribution in [-0.2, 0) is 21.4 Å². The van der Waals surface area contributed by atoms with Crippen LogP contribution in [0.25, 0.3) is 0 Å². The average molecular weight is 494 g/mol. The van der Waals surface area contributed by atoms with Crippen LogP contribution in [-0.4, -0.2) is 44.2 Å². The second kappa shape index (κ2) is 10.2. The van der Waals surface area contributed by atoms with E-state index in [9.17, 15) is 18.0 Å². The zero-order valence-electron chi connectivity index (χ0n) is 16.4. The third-order valence-electron chi connectivity index (χ3n) is 4.89. The Morgan fingerprint density at radius 1 is 0.933 bits per heavy atom. The van der Waals surface area contributed by atoms with E-state index in [1.54, 1.807) is 48.5 Å². The lowest BCUT2D eigenvalue weighted by Gasteiger charge is -2.25. The highest BCUT2D eigenvalue weighted by Gasteiger charge is 2.25. The number of nitrogens with one attached hydrogen (secondary N) is 2. The summed E-state index contributed by atoms with van der Waals surface area (Å²) in [5.41, 5.74) is 1.23. The molecule has 0 bridgehead atoms. The van der Waals surface area contributed by atoms with Crippen LogP contribution in [0, 0.1) is 0 Å².